The zero-order chi connectivity index (χ0) is 10.2. The highest BCUT2D eigenvalue weighted by molar-refractivity contribution is 7.99. The maximum absolute atomic E-state index is 8.32. The Morgan fingerprint density at radius 1 is 1.43 bits per heavy atom. The van der Waals surface area contributed by atoms with Gasteiger partial charge in [-0.2, -0.15) is 11.8 Å². The van der Waals surface area contributed by atoms with E-state index in [0.717, 1.165) is 18.1 Å². The Balaban J connectivity index is 1.89. The van der Waals surface area contributed by atoms with Crippen molar-refractivity contribution in [1.29, 1.82) is 0 Å². The second kappa shape index (κ2) is 6.98. The van der Waals surface area contributed by atoms with Gasteiger partial charge in [0.25, 0.3) is 0 Å². The summed E-state index contributed by atoms with van der Waals surface area (Å²) < 4.78 is 0. The van der Waals surface area contributed by atoms with Crippen LogP contribution in [0.4, 0.5) is 0 Å². The van der Waals surface area contributed by atoms with Crippen LogP contribution >= 0.6 is 11.8 Å². The largest absolute Gasteiger partial charge is 0.409 e. The van der Waals surface area contributed by atoms with Gasteiger partial charge in [0.05, 0.1) is 0 Å². The van der Waals surface area contributed by atoms with Crippen molar-refractivity contribution < 1.29 is 5.21 Å². The molecule has 0 saturated heterocycles. The summed E-state index contributed by atoms with van der Waals surface area (Å²) in [6.07, 6.45) is 7.44. The first kappa shape index (κ1) is 11.7. The second-order valence-corrected chi connectivity index (χ2v) is 5.07. The zero-order valence-corrected chi connectivity index (χ0v) is 9.43. The van der Waals surface area contributed by atoms with Gasteiger partial charge in [-0.05, 0) is 36.7 Å². The van der Waals surface area contributed by atoms with Crippen LogP contribution in [0.5, 0.6) is 0 Å². The zero-order valence-electron chi connectivity index (χ0n) is 8.61. The molecule has 0 heterocycles. The number of nitrogens with two attached hydrogens (primary N) is 1. The van der Waals surface area contributed by atoms with Gasteiger partial charge >= 0.3 is 0 Å². The van der Waals surface area contributed by atoms with Crippen molar-refractivity contribution in [3.63, 3.8) is 0 Å². The fraction of sp³-hybridized carbons (Fsp3) is 0.900. The highest BCUT2D eigenvalue weighted by atomic mass is 32.2. The van der Waals surface area contributed by atoms with Gasteiger partial charge in [0.15, 0.2) is 0 Å². The fourth-order valence-electron chi connectivity index (χ4n) is 1.83. The highest BCUT2D eigenvalue weighted by Crippen LogP contribution is 2.27. The first-order chi connectivity index (χ1) is 6.83. The molecule has 0 aromatic heterocycles. The quantitative estimate of drug-likeness (QED) is 0.236. The van der Waals surface area contributed by atoms with E-state index >= 15 is 0 Å². The van der Waals surface area contributed by atoms with E-state index in [1.54, 1.807) is 0 Å². The summed E-state index contributed by atoms with van der Waals surface area (Å²) in [6.45, 7) is 0. The number of hydrogen-bond acceptors (Lipinski definition) is 3. The van der Waals surface area contributed by atoms with Gasteiger partial charge in [-0.15, -0.1) is 0 Å². The minimum absolute atomic E-state index is 0.353. The summed E-state index contributed by atoms with van der Waals surface area (Å²) in [5.41, 5.74) is 5.37. The summed E-state index contributed by atoms with van der Waals surface area (Å²) in [7, 11) is 0. The van der Waals surface area contributed by atoms with E-state index < -0.39 is 0 Å². The molecule has 0 atom stereocenters. The predicted octanol–water partition coefficient (Wildman–Crippen LogP) is 2.44. The van der Waals surface area contributed by atoms with Crippen LogP contribution in [0.3, 0.4) is 0 Å². The fourth-order valence-corrected chi connectivity index (χ4v) is 3.01. The number of hydrogen-bond donors (Lipinski definition) is 2. The lowest BCUT2D eigenvalue weighted by Crippen LogP contribution is -2.11. The van der Waals surface area contributed by atoms with Crippen LogP contribution in [-0.4, -0.2) is 22.5 Å². The van der Waals surface area contributed by atoms with Crippen molar-refractivity contribution in [1.82, 2.24) is 0 Å². The van der Waals surface area contributed by atoms with Crippen LogP contribution < -0.4 is 5.73 Å². The lowest BCUT2D eigenvalue weighted by atomic mass is 10.1. The molecule has 0 unspecified atom stereocenters. The molecule has 0 aliphatic heterocycles. The van der Waals surface area contributed by atoms with Crippen LogP contribution in [0, 0.1) is 5.92 Å². The van der Waals surface area contributed by atoms with Crippen LogP contribution in [-0.2, 0) is 0 Å². The molecule has 3 nitrogen and oxygen atoms in total. The maximum atomic E-state index is 8.32. The molecule has 1 saturated carbocycles. The molecule has 1 rings (SSSR count). The Labute approximate surface area is 90.1 Å². The summed E-state index contributed by atoms with van der Waals surface area (Å²) in [5.74, 6) is 3.75. The average Bonchev–Trinajstić information content (AvgIpc) is 2.69. The number of oxime groups is 1. The van der Waals surface area contributed by atoms with Crippen molar-refractivity contribution in [2.24, 2.45) is 16.8 Å². The molecule has 0 bridgehead atoms. The molecule has 1 aliphatic carbocycles. The smallest absolute Gasteiger partial charge is 0.139 e. The Morgan fingerprint density at radius 2 is 2.14 bits per heavy atom. The molecule has 14 heavy (non-hydrogen) atoms. The number of amidine groups is 1. The van der Waals surface area contributed by atoms with Crippen LogP contribution in [0.25, 0.3) is 0 Å². The lowest BCUT2D eigenvalue weighted by molar-refractivity contribution is 0.317. The minimum atomic E-state index is 0.353. The summed E-state index contributed by atoms with van der Waals surface area (Å²) in [6, 6.07) is 0. The SMILES string of the molecule is NC(CCCSCC1CCCC1)=NO. The van der Waals surface area contributed by atoms with Gasteiger partial charge in [-0.3, -0.25) is 0 Å². The van der Waals surface area contributed by atoms with E-state index in [0.29, 0.717) is 12.3 Å². The van der Waals surface area contributed by atoms with Gasteiger partial charge in [0.2, 0.25) is 0 Å². The number of thioether (sulfide) groups is 1. The van der Waals surface area contributed by atoms with Crippen molar-refractivity contribution in [3.05, 3.63) is 0 Å². The van der Waals surface area contributed by atoms with Crippen LogP contribution in [0.1, 0.15) is 38.5 Å². The van der Waals surface area contributed by atoms with E-state index in [-0.39, 0.29) is 0 Å². The summed E-state index contributed by atoms with van der Waals surface area (Å²) in [4.78, 5) is 0. The lowest BCUT2D eigenvalue weighted by Gasteiger charge is -2.07. The third-order valence-corrected chi connectivity index (χ3v) is 3.96. The molecule has 4 heteroatoms. The van der Waals surface area contributed by atoms with Gasteiger partial charge in [-0.1, -0.05) is 18.0 Å². The minimum Gasteiger partial charge on any atom is -0.409 e. The topological polar surface area (TPSA) is 58.6 Å². The third kappa shape index (κ3) is 4.74. The summed E-state index contributed by atoms with van der Waals surface area (Å²) >= 11 is 2.01. The number of nitrogens with zero attached hydrogens (tertiary/aromatic N) is 1. The first-order valence-electron chi connectivity index (χ1n) is 5.37. The molecule has 0 aromatic carbocycles. The van der Waals surface area contributed by atoms with Gasteiger partial charge in [0.1, 0.15) is 5.84 Å². The van der Waals surface area contributed by atoms with Crippen molar-refractivity contribution >= 4 is 17.6 Å². The Morgan fingerprint density at radius 3 is 2.79 bits per heavy atom. The van der Waals surface area contributed by atoms with Gasteiger partial charge < -0.3 is 10.9 Å². The van der Waals surface area contributed by atoms with Gasteiger partial charge in [0, 0.05) is 6.42 Å². The van der Waals surface area contributed by atoms with E-state index in [4.69, 9.17) is 10.9 Å². The molecule has 0 spiro atoms. The average molecular weight is 216 g/mol. The normalized spacial score (nSPS) is 19.0. The third-order valence-electron chi connectivity index (χ3n) is 2.68. The second-order valence-electron chi connectivity index (χ2n) is 3.92. The molecule has 0 aromatic rings. The first-order valence-corrected chi connectivity index (χ1v) is 6.52. The predicted molar refractivity (Wildman–Crippen MR) is 61.9 cm³/mol. The molecule has 0 amide bonds. The molecular formula is C10H20N2OS. The number of rotatable bonds is 6. The van der Waals surface area contributed by atoms with Crippen LogP contribution in [0.15, 0.2) is 5.16 Å². The van der Waals surface area contributed by atoms with Crippen molar-refractivity contribution in [2.75, 3.05) is 11.5 Å². The monoisotopic (exact) mass is 216 g/mol. The summed E-state index contributed by atoms with van der Waals surface area (Å²) in [5, 5.41) is 11.3. The van der Waals surface area contributed by atoms with Crippen LogP contribution in [0.2, 0.25) is 0 Å². The molecule has 0 radical (unpaired) electrons. The Bertz CT molecular complexity index is 179. The molecule has 1 aliphatic rings. The maximum Gasteiger partial charge on any atom is 0.139 e. The molecule has 3 N–H and O–H groups in total. The van der Waals surface area contributed by atoms with E-state index in [9.17, 15) is 0 Å². The Hall–Kier alpha value is -0.380. The van der Waals surface area contributed by atoms with E-state index in [1.807, 2.05) is 11.8 Å². The molecule has 82 valence electrons. The van der Waals surface area contributed by atoms with Crippen molar-refractivity contribution in [2.45, 2.75) is 38.5 Å². The van der Waals surface area contributed by atoms with E-state index in [2.05, 4.69) is 5.16 Å². The molecule has 1 fully saturated rings. The Kier molecular flexibility index (Phi) is 5.83. The van der Waals surface area contributed by atoms with Gasteiger partial charge in [-0.25, -0.2) is 0 Å². The van der Waals surface area contributed by atoms with E-state index in [1.165, 1.54) is 31.4 Å². The standard InChI is InChI=1S/C10H20N2OS/c11-10(12-13)6-3-7-14-8-9-4-1-2-5-9/h9,13H,1-8H2,(H2,11,12). The molecular weight excluding hydrogens is 196 g/mol. The van der Waals surface area contributed by atoms with Crippen molar-refractivity contribution in [3.8, 4) is 0 Å². The highest BCUT2D eigenvalue weighted by Gasteiger charge is 2.14.